The third-order valence-corrected chi connectivity index (χ3v) is 1.88. The molecule has 1 rings (SSSR count). The molecule has 0 spiro atoms. The maximum atomic E-state index is 11.7. The Hall–Kier alpha value is -1.32. The lowest BCUT2D eigenvalue weighted by atomic mass is 9.89. The molecule has 0 aromatic carbocycles. The zero-order chi connectivity index (χ0) is 10.9. The van der Waals surface area contributed by atoms with Gasteiger partial charge in [-0.05, 0) is 12.3 Å². The largest absolute Gasteiger partial charge is 0.323 e. The number of hydrogen-bond acceptors (Lipinski definition) is 2. The molecule has 0 unspecified atom stereocenters. The van der Waals surface area contributed by atoms with E-state index in [1.807, 2.05) is 20.8 Å². The lowest BCUT2D eigenvalue weighted by molar-refractivity contribution is 0.0934. The first-order chi connectivity index (χ1) is 6.29. The van der Waals surface area contributed by atoms with Crippen molar-refractivity contribution in [2.75, 3.05) is 0 Å². The molecule has 14 heavy (non-hydrogen) atoms. The summed E-state index contributed by atoms with van der Waals surface area (Å²) in [5.74, 6) is -0.0200. The Morgan fingerprint density at radius 3 is 2.21 bits per heavy atom. The standard InChI is InChI=1S/C10H16N2O2/c1-6-8(12-9(14)11-6)7(13)5-10(2,3)4/h5H2,1-4H3,(H2,11,12,14). The minimum absolute atomic E-state index is 0.0200. The second kappa shape index (κ2) is 3.44. The van der Waals surface area contributed by atoms with Crippen LogP contribution in [-0.4, -0.2) is 15.8 Å². The second-order valence-corrected chi connectivity index (χ2v) is 4.74. The van der Waals surface area contributed by atoms with Gasteiger partial charge in [0.25, 0.3) is 0 Å². The molecule has 0 atom stereocenters. The van der Waals surface area contributed by atoms with Gasteiger partial charge < -0.3 is 9.97 Å². The number of aryl methyl sites for hydroxylation is 1. The number of carbonyl (C=O) groups is 1. The van der Waals surface area contributed by atoms with Crippen molar-refractivity contribution in [1.29, 1.82) is 0 Å². The predicted octanol–water partition coefficient (Wildman–Crippen LogP) is 1.63. The molecule has 0 aliphatic heterocycles. The van der Waals surface area contributed by atoms with Crippen molar-refractivity contribution in [3.05, 3.63) is 21.9 Å². The molecule has 0 saturated carbocycles. The Kier molecular flexibility index (Phi) is 2.64. The number of Topliss-reactive ketones (excluding diaryl/α,β-unsaturated/α-hetero) is 1. The van der Waals surface area contributed by atoms with E-state index < -0.39 is 0 Å². The zero-order valence-electron chi connectivity index (χ0n) is 9.02. The zero-order valence-corrected chi connectivity index (χ0v) is 9.02. The van der Waals surface area contributed by atoms with Gasteiger partial charge in [0, 0.05) is 12.1 Å². The second-order valence-electron chi connectivity index (χ2n) is 4.74. The summed E-state index contributed by atoms with van der Waals surface area (Å²) in [4.78, 5) is 27.7. The van der Waals surface area contributed by atoms with Crippen LogP contribution >= 0.6 is 0 Å². The van der Waals surface area contributed by atoms with Crippen LogP contribution in [0.4, 0.5) is 0 Å². The maximum absolute atomic E-state index is 11.7. The normalized spacial score (nSPS) is 11.7. The van der Waals surface area contributed by atoms with Crippen LogP contribution < -0.4 is 5.69 Å². The van der Waals surface area contributed by atoms with Crippen molar-refractivity contribution in [2.45, 2.75) is 34.1 Å². The monoisotopic (exact) mass is 196 g/mol. The van der Waals surface area contributed by atoms with E-state index in [0.29, 0.717) is 17.8 Å². The predicted molar refractivity (Wildman–Crippen MR) is 54.6 cm³/mol. The molecule has 4 heteroatoms. The first kappa shape index (κ1) is 10.8. The first-order valence-corrected chi connectivity index (χ1v) is 4.62. The van der Waals surface area contributed by atoms with E-state index in [9.17, 15) is 9.59 Å². The number of H-pyrrole nitrogens is 2. The highest BCUT2D eigenvalue weighted by molar-refractivity contribution is 5.95. The molecule has 2 N–H and O–H groups in total. The molecule has 1 aromatic heterocycles. The van der Waals surface area contributed by atoms with Crippen LogP contribution in [0.1, 0.15) is 43.4 Å². The third kappa shape index (κ3) is 2.58. The number of ketones is 1. The number of hydrogen-bond donors (Lipinski definition) is 2. The Balaban J connectivity index is 2.91. The van der Waals surface area contributed by atoms with Crippen molar-refractivity contribution < 1.29 is 4.79 Å². The van der Waals surface area contributed by atoms with E-state index in [1.54, 1.807) is 6.92 Å². The minimum Gasteiger partial charge on any atom is -0.310 e. The first-order valence-electron chi connectivity index (χ1n) is 4.62. The fraction of sp³-hybridized carbons (Fsp3) is 0.600. The Bertz CT molecular complexity index is 393. The van der Waals surface area contributed by atoms with Gasteiger partial charge in [-0.1, -0.05) is 20.8 Å². The topological polar surface area (TPSA) is 65.7 Å². The average molecular weight is 196 g/mol. The van der Waals surface area contributed by atoms with Crippen LogP contribution in [0.3, 0.4) is 0 Å². The van der Waals surface area contributed by atoms with Gasteiger partial charge in [0.2, 0.25) is 0 Å². The molecule has 0 bridgehead atoms. The summed E-state index contributed by atoms with van der Waals surface area (Å²) in [6, 6.07) is 0. The van der Waals surface area contributed by atoms with Crippen molar-refractivity contribution in [2.24, 2.45) is 5.41 Å². The molecular weight excluding hydrogens is 180 g/mol. The number of rotatable bonds is 2. The molecule has 1 aromatic rings. The number of imidazole rings is 1. The highest BCUT2D eigenvalue weighted by Gasteiger charge is 2.20. The molecule has 0 saturated heterocycles. The smallest absolute Gasteiger partial charge is 0.310 e. The Morgan fingerprint density at radius 2 is 1.86 bits per heavy atom. The van der Waals surface area contributed by atoms with Crippen LogP contribution in [0.5, 0.6) is 0 Å². The lowest BCUT2D eigenvalue weighted by Gasteiger charge is -2.16. The molecule has 78 valence electrons. The van der Waals surface area contributed by atoms with Gasteiger partial charge in [-0.2, -0.15) is 0 Å². The summed E-state index contributed by atoms with van der Waals surface area (Å²) >= 11 is 0. The van der Waals surface area contributed by atoms with E-state index in [1.165, 1.54) is 0 Å². The van der Waals surface area contributed by atoms with Crippen LogP contribution in [-0.2, 0) is 0 Å². The fourth-order valence-corrected chi connectivity index (χ4v) is 1.32. The highest BCUT2D eigenvalue weighted by Crippen LogP contribution is 2.21. The Morgan fingerprint density at radius 1 is 1.29 bits per heavy atom. The van der Waals surface area contributed by atoms with Crippen molar-refractivity contribution in [3.63, 3.8) is 0 Å². The number of aromatic nitrogens is 2. The Labute approximate surface area is 82.7 Å². The summed E-state index contributed by atoms with van der Waals surface area (Å²) in [6.07, 6.45) is 0.432. The van der Waals surface area contributed by atoms with Gasteiger partial charge in [-0.3, -0.25) is 4.79 Å². The van der Waals surface area contributed by atoms with Gasteiger partial charge >= 0.3 is 5.69 Å². The van der Waals surface area contributed by atoms with Crippen LogP contribution in [0.2, 0.25) is 0 Å². The average Bonchev–Trinajstić information content (AvgIpc) is 2.26. The third-order valence-electron chi connectivity index (χ3n) is 1.88. The van der Waals surface area contributed by atoms with Gasteiger partial charge in [-0.15, -0.1) is 0 Å². The molecule has 0 aliphatic carbocycles. The van der Waals surface area contributed by atoms with E-state index in [-0.39, 0.29) is 16.9 Å². The fourth-order valence-electron chi connectivity index (χ4n) is 1.32. The molecule has 0 amide bonds. The van der Waals surface area contributed by atoms with E-state index in [0.717, 1.165) is 0 Å². The van der Waals surface area contributed by atoms with Crippen LogP contribution in [0.15, 0.2) is 4.79 Å². The summed E-state index contributed by atoms with van der Waals surface area (Å²) in [7, 11) is 0. The molecule has 0 aliphatic rings. The molecule has 4 nitrogen and oxygen atoms in total. The van der Waals surface area contributed by atoms with Crippen LogP contribution in [0.25, 0.3) is 0 Å². The van der Waals surface area contributed by atoms with E-state index in [2.05, 4.69) is 9.97 Å². The maximum Gasteiger partial charge on any atom is 0.323 e. The molecule has 0 radical (unpaired) electrons. The summed E-state index contributed by atoms with van der Waals surface area (Å²) in [5.41, 5.74) is 0.645. The van der Waals surface area contributed by atoms with Crippen LogP contribution in [0, 0.1) is 12.3 Å². The summed E-state index contributed by atoms with van der Waals surface area (Å²) in [6.45, 7) is 7.69. The van der Waals surface area contributed by atoms with Crippen molar-refractivity contribution in [3.8, 4) is 0 Å². The quantitative estimate of drug-likeness (QED) is 0.706. The van der Waals surface area contributed by atoms with Gasteiger partial charge in [0.15, 0.2) is 5.78 Å². The number of carbonyl (C=O) groups excluding carboxylic acids is 1. The van der Waals surface area contributed by atoms with Crippen molar-refractivity contribution in [1.82, 2.24) is 9.97 Å². The molecule has 0 fully saturated rings. The molecular formula is C10H16N2O2. The summed E-state index contributed by atoms with van der Waals surface area (Å²) < 4.78 is 0. The summed E-state index contributed by atoms with van der Waals surface area (Å²) in [5, 5.41) is 0. The van der Waals surface area contributed by atoms with E-state index in [4.69, 9.17) is 0 Å². The van der Waals surface area contributed by atoms with Crippen molar-refractivity contribution >= 4 is 5.78 Å². The minimum atomic E-state index is -0.320. The number of nitrogens with one attached hydrogen (secondary N) is 2. The van der Waals surface area contributed by atoms with Gasteiger partial charge in [0.1, 0.15) is 5.69 Å². The number of aromatic amines is 2. The lowest BCUT2D eigenvalue weighted by Crippen LogP contribution is -2.14. The van der Waals surface area contributed by atoms with Gasteiger partial charge in [0.05, 0.1) is 0 Å². The van der Waals surface area contributed by atoms with Gasteiger partial charge in [-0.25, -0.2) is 4.79 Å². The molecule has 1 heterocycles. The SMILES string of the molecule is Cc1[nH]c(=O)[nH]c1C(=O)CC(C)(C)C. The van der Waals surface area contributed by atoms with E-state index >= 15 is 0 Å². The highest BCUT2D eigenvalue weighted by atomic mass is 16.1.